The normalized spacial score (nSPS) is 15.2. The molecule has 0 aliphatic carbocycles. The number of carboxylic acids is 2. The maximum atomic E-state index is 10.6. The van der Waals surface area contributed by atoms with E-state index in [0.29, 0.717) is 0 Å². The fourth-order valence-corrected chi connectivity index (χ4v) is 2.81. The number of carboxylic acid groups (broad SMARTS) is 2. The summed E-state index contributed by atoms with van der Waals surface area (Å²) in [5.74, 6) is -1.59. The molecule has 0 fully saturated rings. The molecule has 0 saturated heterocycles. The van der Waals surface area contributed by atoms with E-state index < -0.39 is 24.0 Å². The molecule has 0 heterocycles. The Morgan fingerprint density at radius 1 is 0.667 bits per heavy atom. The Morgan fingerprint density at radius 2 is 0.963 bits per heavy atom. The summed E-state index contributed by atoms with van der Waals surface area (Å²) in [5, 5.41) is 17.3. The van der Waals surface area contributed by atoms with Crippen molar-refractivity contribution in [3.05, 3.63) is 0 Å². The molecule has 6 N–H and O–H groups in total. The Morgan fingerprint density at radius 3 is 1.26 bits per heavy atom. The summed E-state index contributed by atoms with van der Waals surface area (Å²) in [4.78, 5) is 21.1. The molecular formula is C21H44N2O4. The fourth-order valence-electron chi connectivity index (χ4n) is 2.81. The average Bonchev–Trinajstić information content (AvgIpc) is 2.63. The molecule has 0 spiro atoms. The minimum absolute atomic E-state index is 0.0918. The second-order valence-electron chi connectivity index (χ2n) is 7.73. The van der Waals surface area contributed by atoms with Crippen molar-refractivity contribution >= 4 is 11.9 Å². The van der Waals surface area contributed by atoms with Gasteiger partial charge in [-0.25, -0.2) is 0 Å². The van der Waals surface area contributed by atoms with E-state index in [9.17, 15) is 9.59 Å². The van der Waals surface area contributed by atoms with Crippen LogP contribution in [-0.2, 0) is 9.59 Å². The number of unbranched alkanes of at least 4 members (excludes halogenated alkanes) is 7. The molecule has 0 aromatic rings. The average molecular weight is 389 g/mol. The van der Waals surface area contributed by atoms with Gasteiger partial charge in [0, 0.05) is 0 Å². The van der Waals surface area contributed by atoms with Gasteiger partial charge >= 0.3 is 11.9 Å². The lowest BCUT2D eigenvalue weighted by Crippen LogP contribution is -2.36. The zero-order valence-electron chi connectivity index (χ0n) is 18.0. The highest BCUT2D eigenvalue weighted by Crippen LogP contribution is 2.14. The van der Waals surface area contributed by atoms with Gasteiger partial charge in [0.2, 0.25) is 0 Å². The van der Waals surface area contributed by atoms with Crippen LogP contribution in [0.1, 0.15) is 98.3 Å². The highest BCUT2D eigenvalue weighted by Gasteiger charge is 2.19. The topological polar surface area (TPSA) is 127 Å². The molecule has 0 bridgehead atoms. The van der Waals surface area contributed by atoms with Gasteiger partial charge in [0.05, 0.1) is 0 Å². The van der Waals surface area contributed by atoms with Gasteiger partial charge in [-0.2, -0.15) is 0 Å². The van der Waals surface area contributed by atoms with Crippen molar-refractivity contribution in [2.45, 2.75) is 110 Å². The van der Waals surface area contributed by atoms with E-state index in [1.807, 2.05) is 13.8 Å². The van der Waals surface area contributed by atoms with Crippen LogP contribution in [0.3, 0.4) is 0 Å². The van der Waals surface area contributed by atoms with Crippen LogP contribution in [0.25, 0.3) is 0 Å². The van der Waals surface area contributed by atoms with Gasteiger partial charge in [0.15, 0.2) is 0 Å². The Hall–Kier alpha value is -1.14. The number of rotatable bonds is 15. The Balaban J connectivity index is 0. The van der Waals surface area contributed by atoms with Crippen molar-refractivity contribution in [2.75, 3.05) is 0 Å². The lowest BCUT2D eigenvalue weighted by molar-refractivity contribution is -0.140. The molecule has 0 aliphatic rings. The molecule has 27 heavy (non-hydrogen) atoms. The van der Waals surface area contributed by atoms with Gasteiger partial charge in [-0.3, -0.25) is 9.59 Å². The van der Waals surface area contributed by atoms with Gasteiger partial charge in [0.25, 0.3) is 0 Å². The number of aliphatic carboxylic acids is 2. The lowest BCUT2D eigenvalue weighted by Gasteiger charge is -2.15. The smallest absolute Gasteiger partial charge is 0.320 e. The van der Waals surface area contributed by atoms with Crippen LogP contribution in [0.15, 0.2) is 0 Å². The summed E-state index contributed by atoms with van der Waals surface area (Å²) >= 11 is 0. The first-order chi connectivity index (χ1) is 12.7. The van der Waals surface area contributed by atoms with Crippen LogP contribution in [0.5, 0.6) is 0 Å². The van der Waals surface area contributed by atoms with Crippen molar-refractivity contribution < 1.29 is 19.8 Å². The zero-order chi connectivity index (χ0) is 21.2. The monoisotopic (exact) mass is 388 g/mol. The van der Waals surface area contributed by atoms with Gasteiger partial charge in [-0.1, -0.05) is 85.5 Å². The quantitative estimate of drug-likeness (QED) is 0.308. The Labute approximate surface area is 166 Å². The SMILES string of the molecule is CCCCCCC(C)C(N)C(=O)O.CCCCCCCC(C)C(N)C(=O)O. The van der Waals surface area contributed by atoms with Crippen LogP contribution in [0.2, 0.25) is 0 Å². The lowest BCUT2D eigenvalue weighted by atomic mass is 9.95. The summed E-state index contributed by atoms with van der Waals surface area (Å²) in [6, 6.07) is -1.39. The summed E-state index contributed by atoms with van der Waals surface area (Å²) < 4.78 is 0. The maximum Gasteiger partial charge on any atom is 0.320 e. The number of hydrogen-bond donors (Lipinski definition) is 4. The molecule has 162 valence electrons. The highest BCUT2D eigenvalue weighted by molar-refractivity contribution is 5.73. The highest BCUT2D eigenvalue weighted by atomic mass is 16.4. The van der Waals surface area contributed by atoms with E-state index in [1.165, 1.54) is 44.9 Å². The molecule has 6 nitrogen and oxygen atoms in total. The van der Waals surface area contributed by atoms with Gasteiger partial charge in [0.1, 0.15) is 12.1 Å². The predicted octanol–water partition coefficient (Wildman–Crippen LogP) is 4.40. The first-order valence-electron chi connectivity index (χ1n) is 10.7. The molecular weight excluding hydrogens is 344 g/mol. The van der Waals surface area contributed by atoms with Gasteiger partial charge < -0.3 is 21.7 Å². The van der Waals surface area contributed by atoms with Crippen molar-refractivity contribution in [1.29, 1.82) is 0 Å². The van der Waals surface area contributed by atoms with E-state index in [-0.39, 0.29) is 11.8 Å². The van der Waals surface area contributed by atoms with Crippen LogP contribution in [-0.4, -0.2) is 34.2 Å². The molecule has 0 saturated carbocycles. The first-order valence-corrected chi connectivity index (χ1v) is 10.7. The fraction of sp³-hybridized carbons (Fsp3) is 0.905. The number of nitrogens with two attached hydrogens (primary N) is 2. The second kappa shape index (κ2) is 18.2. The van der Waals surface area contributed by atoms with Crippen molar-refractivity contribution in [1.82, 2.24) is 0 Å². The van der Waals surface area contributed by atoms with Crippen molar-refractivity contribution in [2.24, 2.45) is 23.3 Å². The van der Waals surface area contributed by atoms with E-state index >= 15 is 0 Å². The standard InChI is InChI=1S/C11H23NO2.C10H21NO2/c1-3-4-5-6-7-8-9(2)10(12)11(13)14;1-3-4-5-6-7-8(2)9(11)10(12)13/h9-10H,3-8,12H2,1-2H3,(H,13,14);8-9H,3-7,11H2,1-2H3,(H,12,13). The third kappa shape index (κ3) is 16.7. The van der Waals surface area contributed by atoms with Crippen molar-refractivity contribution in [3.8, 4) is 0 Å². The Kier molecular flexibility index (Phi) is 19.0. The molecule has 6 heteroatoms. The van der Waals surface area contributed by atoms with Crippen LogP contribution >= 0.6 is 0 Å². The largest absolute Gasteiger partial charge is 0.480 e. The summed E-state index contributed by atoms with van der Waals surface area (Å²) in [6.07, 6.45) is 12.6. The Bertz CT molecular complexity index is 377. The van der Waals surface area contributed by atoms with Gasteiger partial charge in [-0.05, 0) is 24.7 Å². The molecule has 4 atom stereocenters. The van der Waals surface area contributed by atoms with Crippen molar-refractivity contribution in [3.63, 3.8) is 0 Å². The molecule has 4 unspecified atom stereocenters. The molecule has 0 aliphatic heterocycles. The predicted molar refractivity (Wildman–Crippen MR) is 112 cm³/mol. The molecule has 0 rings (SSSR count). The van der Waals surface area contributed by atoms with E-state index in [4.69, 9.17) is 21.7 Å². The minimum atomic E-state index is -0.886. The van der Waals surface area contributed by atoms with Crippen LogP contribution in [0, 0.1) is 11.8 Å². The molecule has 0 radical (unpaired) electrons. The van der Waals surface area contributed by atoms with Crippen LogP contribution in [0.4, 0.5) is 0 Å². The number of carbonyl (C=O) groups is 2. The third-order valence-electron chi connectivity index (χ3n) is 5.07. The van der Waals surface area contributed by atoms with E-state index in [1.54, 1.807) is 0 Å². The van der Waals surface area contributed by atoms with E-state index in [0.717, 1.165) is 25.7 Å². The zero-order valence-corrected chi connectivity index (χ0v) is 18.0. The molecule has 0 aromatic heterocycles. The number of hydrogen-bond acceptors (Lipinski definition) is 4. The van der Waals surface area contributed by atoms with Gasteiger partial charge in [-0.15, -0.1) is 0 Å². The van der Waals surface area contributed by atoms with E-state index in [2.05, 4.69) is 13.8 Å². The van der Waals surface area contributed by atoms with Crippen LogP contribution < -0.4 is 11.5 Å². The molecule has 0 amide bonds. The summed E-state index contributed by atoms with van der Waals surface area (Å²) in [6.45, 7) is 8.17. The third-order valence-corrected chi connectivity index (χ3v) is 5.07. The summed E-state index contributed by atoms with van der Waals surface area (Å²) in [7, 11) is 0. The molecule has 0 aromatic carbocycles. The second-order valence-corrected chi connectivity index (χ2v) is 7.73. The maximum absolute atomic E-state index is 10.6. The summed E-state index contributed by atoms with van der Waals surface area (Å²) in [5.41, 5.74) is 11.0. The first kappa shape index (κ1) is 28.1. The minimum Gasteiger partial charge on any atom is -0.480 e.